The minimum absolute atomic E-state index is 0.187. The van der Waals surface area contributed by atoms with Crippen molar-refractivity contribution < 1.29 is 14.6 Å². The Hall–Kier alpha value is -2.62. The number of fused-ring (bicyclic) bond motifs is 5. The third-order valence-electron chi connectivity index (χ3n) is 9.77. The fourth-order valence-electron chi connectivity index (χ4n) is 8.14. The Balaban J connectivity index is 1.21. The van der Waals surface area contributed by atoms with Crippen molar-refractivity contribution in [1.82, 2.24) is 0 Å². The van der Waals surface area contributed by atoms with E-state index in [-0.39, 0.29) is 12.0 Å². The molecule has 0 spiro atoms. The van der Waals surface area contributed by atoms with Gasteiger partial charge in [0, 0.05) is 6.61 Å². The van der Waals surface area contributed by atoms with Gasteiger partial charge in [0.25, 0.3) is 0 Å². The Kier molecular flexibility index (Phi) is 7.10. The standard InChI is InChI=1S/C34H40O3/c1-34-21-27(18-19-35)33-29-15-13-28(36-22-24-8-4-2-5-9-24)20-26(29)12-14-30(33)31(34)16-17-32(34)37-23-25-10-6-3-7-11-25/h2-11,13,15,20,27,30-33,35H,12,14,16-19,21-23H2,1H3/t27-,30-,31-,32?,33+,34-/m0/s1. The Morgan fingerprint density at radius 2 is 1.59 bits per heavy atom. The van der Waals surface area contributed by atoms with Crippen LogP contribution in [0.2, 0.25) is 0 Å². The summed E-state index contributed by atoms with van der Waals surface area (Å²) in [5.41, 5.74) is 5.60. The van der Waals surface area contributed by atoms with E-state index < -0.39 is 0 Å². The number of hydrogen-bond donors (Lipinski definition) is 1. The first-order valence-corrected chi connectivity index (χ1v) is 14.2. The molecule has 0 saturated heterocycles. The molecule has 6 atom stereocenters. The van der Waals surface area contributed by atoms with Crippen LogP contribution < -0.4 is 4.74 Å². The summed E-state index contributed by atoms with van der Waals surface area (Å²) < 4.78 is 12.8. The number of rotatable bonds is 8. The summed E-state index contributed by atoms with van der Waals surface area (Å²) in [7, 11) is 0. The molecule has 3 heteroatoms. The van der Waals surface area contributed by atoms with Crippen molar-refractivity contribution in [3.63, 3.8) is 0 Å². The number of aliphatic hydroxyl groups is 1. The highest BCUT2D eigenvalue weighted by molar-refractivity contribution is 5.41. The SMILES string of the molecule is C[C@]12C[C@H](CCO)[C@@H]3c4ccc(OCc5ccccc5)cc4CC[C@H]3[C@@H]1CCC2OCc1ccccc1. The molecule has 0 heterocycles. The molecule has 3 aromatic carbocycles. The second kappa shape index (κ2) is 10.6. The molecule has 0 aromatic heterocycles. The van der Waals surface area contributed by atoms with Gasteiger partial charge < -0.3 is 14.6 Å². The van der Waals surface area contributed by atoms with Crippen molar-refractivity contribution >= 4 is 0 Å². The van der Waals surface area contributed by atoms with Gasteiger partial charge in [-0.15, -0.1) is 0 Å². The number of hydrogen-bond acceptors (Lipinski definition) is 3. The second-order valence-corrected chi connectivity index (χ2v) is 11.8. The van der Waals surface area contributed by atoms with Crippen molar-refractivity contribution in [2.24, 2.45) is 23.2 Å². The molecule has 194 valence electrons. The van der Waals surface area contributed by atoms with Gasteiger partial charge in [-0.05, 0) is 102 Å². The maximum atomic E-state index is 10.1. The van der Waals surface area contributed by atoms with E-state index in [1.54, 1.807) is 0 Å². The average molecular weight is 497 g/mol. The van der Waals surface area contributed by atoms with Crippen molar-refractivity contribution in [1.29, 1.82) is 0 Å². The van der Waals surface area contributed by atoms with E-state index in [2.05, 4.69) is 79.7 Å². The smallest absolute Gasteiger partial charge is 0.120 e. The van der Waals surface area contributed by atoms with Gasteiger partial charge in [0.05, 0.1) is 12.7 Å². The summed E-state index contributed by atoms with van der Waals surface area (Å²) in [6.45, 7) is 4.06. The molecule has 1 unspecified atom stereocenters. The average Bonchev–Trinajstić information content (AvgIpc) is 3.27. The quantitative estimate of drug-likeness (QED) is 0.355. The number of benzene rings is 3. The molecule has 3 aromatic rings. The molecule has 37 heavy (non-hydrogen) atoms. The van der Waals surface area contributed by atoms with Gasteiger partial charge in [0.1, 0.15) is 12.4 Å². The van der Waals surface area contributed by atoms with E-state index in [1.807, 2.05) is 6.07 Å². The first kappa shape index (κ1) is 24.7. The molecule has 2 saturated carbocycles. The first-order valence-electron chi connectivity index (χ1n) is 14.2. The molecule has 1 N–H and O–H groups in total. The van der Waals surface area contributed by atoms with E-state index in [4.69, 9.17) is 9.47 Å². The van der Waals surface area contributed by atoms with Crippen molar-refractivity contribution in [3.05, 3.63) is 101 Å². The third-order valence-corrected chi connectivity index (χ3v) is 9.77. The van der Waals surface area contributed by atoms with Crippen molar-refractivity contribution in [2.75, 3.05) is 6.61 Å². The van der Waals surface area contributed by atoms with E-state index in [1.165, 1.54) is 35.1 Å². The van der Waals surface area contributed by atoms with Crippen LogP contribution in [-0.4, -0.2) is 17.8 Å². The topological polar surface area (TPSA) is 38.7 Å². The molecule has 0 amide bonds. The predicted molar refractivity (Wildman–Crippen MR) is 147 cm³/mol. The van der Waals surface area contributed by atoms with Gasteiger partial charge in [0.2, 0.25) is 0 Å². The van der Waals surface area contributed by atoms with Crippen LogP contribution in [0.4, 0.5) is 0 Å². The van der Waals surface area contributed by atoms with Gasteiger partial charge in [-0.25, -0.2) is 0 Å². The Morgan fingerprint density at radius 3 is 2.32 bits per heavy atom. The summed E-state index contributed by atoms with van der Waals surface area (Å²) in [4.78, 5) is 0. The van der Waals surface area contributed by atoms with E-state index in [0.29, 0.717) is 43.0 Å². The summed E-state index contributed by atoms with van der Waals surface area (Å²) in [5, 5.41) is 10.1. The minimum atomic E-state index is 0.187. The van der Waals surface area contributed by atoms with Crippen LogP contribution in [-0.2, 0) is 24.4 Å². The van der Waals surface area contributed by atoms with Gasteiger partial charge >= 0.3 is 0 Å². The van der Waals surface area contributed by atoms with Crippen LogP contribution in [0.25, 0.3) is 0 Å². The first-order chi connectivity index (χ1) is 18.2. The highest BCUT2D eigenvalue weighted by atomic mass is 16.5. The largest absolute Gasteiger partial charge is 0.489 e. The van der Waals surface area contributed by atoms with E-state index >= 15 is 0 Å². The molecule has 3 aliphatic carbocycles. The lowest BCUT2D eigenvalue weighted by atomic mass is 9.51. The molecule has 0 radical (unpaired) electrons. The molecular weight excluding hydrogens is 456 g/mol. The van der Waals surface area contributed by atoms with Crippen LogP contribution in [0, 0.1) is 23.2 Å². The van der Waals surface area contributed by atoms with Gasteiger partial charge in [0.15, 0.2) is 0 Å². The second-order valence-electron chi connectivity index (χ2n) is 11.8. The summed E-state index contributed by atoms with van der Waals surface area (Å²) >= 11 is 0. The molecule has 3 aliphatic rings. The van der Waals surface area contributed by atoms with Crippen LogP contribution in [0.3, 0.4) is 0 Å². The lowest BCUT2D eigenvalue weighted by Gasteiger charge is -2.54. The maximum absolute atomic E-state index is 10.1. The summed E-state index contributed by atoms with van der Waals surface area (Å²) in [5.74, 6) is 3.35. The molecule has 3 nitrogen and oxygen atoms in total. The highest BCUT2D eigenvalue weighted by Crippen LogP contribution is 2.64. The fourth-order valence-corrected chi connectivity index (χ4v) is 8.14. The van der Waals surface area contributed by atoms with Crippen LogP contribution in [0.5, 0.6) is 5.75 Å². The zero-order valence-corrected chi connectivity index (χ0v) is 22.0. The third kappa shape index (κ3) is 4.84. The molecule has 6 rings (SSSR count). The van der Waals surface area contributed by atoms with Crippen molar-refractivity contribution in [2.45, 2.75) is 70.7 Å². The number of aryl methyl sites for hydroxylation is 1. The zero-order valence-electron chi connectivity index (χ0n) is 22.0. The lowest BCUT2D eigenvalue weighted by Crippen LogP contribution is -2.48. The Morgan fingerprint density at radius 1 is 0.865 bits per heavy atom. The normalized spacial score (nSPS) is 30.3. The molecule has 2 fully saturated rings. The van der Waals surface area contributed by atoms with Crippen LogP contribution >= 0.6 is 0 Å². The number of aliphatic hydroxyl groups excluding tert-OH is 1. The Bertz CT molecular complexity index is 1180. The molecular formula is C34H40O3. The summed E-state index contributed by atoms with van der Waals surface area (Å²) in [6.07, 6.45) is 7.08. The van der Waals surface area contributed by atoms with Gasteiger partial charge in [-0.2, -0.15) is 0 Å². The van der Waals surface area contributed by atoms with Gasteiger partial charge in [-0.3, -0.25) is 0 Å². The van der Waals surface area contributed by atoms with Crippen LogP contribution in [0.1, 0.15) is 67.2 Å². The molecule has 0 bridgehead atoms. The number of ether oxygens (including phenoxy) is 2. The summed E-state index contributed by atoms with van der Waals surface area (Å²) in [6, 6.07) is 27.8. The predicted octanol–water partition coefficient (Wildman–Crippen LogP) is 7.32. The van der Waals surface area contributed by atoms with E-state index in [9.17, 15) is 5.11 Å². The van der Waals surface area contributed by atoms with Gasteiger partial charge in [-0.1, -0.05) is 73.7 Å². The minimum Gasteiger partial charge on any atom is -0.489 e. The van der Waals surface area contributed by atoms with Crippen LogP contribution in [0.15, 0.2) is 78.9 Å². The van der Waals surface area contributed by atoms with E-state index in [0.717, 1.165) is 31.4 Å². The highest BCUT2D eigenvalue weighted by Gasteiger charge is 2.58. The zero-order chi connectivity index (χ0) is 25.2. The lowest BCUT2D eigenvalue weighted by molar-refractivity contribution is -0.0889. The fraction of sp³-hybridized carbons (Fsp3) is 0.471. The Labute approximate surface area is 221 Å². The monoisotopic (exact) mass is 496 g/mol. The molecule has 0 aliphatic heterocycles. The van der Waals surface area contributed by atoms with Crippen molar-refractivity contribution in [3.8, 4) is 5.75 Å². The maximum Gasteiger partial charge on any atom is 0.120 e.